The fourth-order valence-corrected chi connectivity index (χ4v) is 1.72. The smallest absolute Gasteiger partial charge is 0.229 e. The third-order valence-corrected chi connectivity index (χ3v) is 3.02. The number of rotatable bonds is 3. The summed E-state index contributed by atoms with van der Waals surface area (Å²) in [6, 6.07) is 0. The summed E-state index contributed by atoms with van der Waals surface area (Å²) in [4.78, 5) is 12.7. The number of fused-ring (bicyclic) bond motifs is 1. The highest BCUT2D eigenvalue weighted by molar-refractivity contribution is 5.55. The Hall–Kier alpha value is -2.24. The van der Waals surface area contributed by atoms with Gasteiger partial charge < -0.3 is 4.52 Å². The van der Waals surface area contributed by atoms with Gasteiger partial charge in [0.05, 0.1) is 12.4 Å². The van der Waals surface area contributed by atoms with Gasteiger partial charge in [0.15, 0.2) is 5.65 Å². The van der Waals surface area contributed by atoms with Crippen molar-refractivity contribution >= 4 is 5.65 Å². The highest BCUT2D eigenvalue weighted by atomic mass is 16.5. The number of imidazole rings is 1. The van der Waals surface area contributed by atoms with Crippen LogP contribution in [0.25, 0.3) is 17.2 Å². The molecular weight excluding hydrogens is 230 g/mol. The Balaban J connectivity index is 2.07. The first-order chi connectivity index (χ1) is 8.79. The molecule has 0 spiro atoms. The van der Waals surface area contributed by atoms with Gasteiger partial charge in [-0.25, -0.2) is 4.98 Å². The van der Waals surface area contributed by atoms with E-state index >= 15 is 0 Å². The Kier molecular flexibility index (Phi) is 2.55. The van der Waals surface area contributed by atoms with Gasteiger partial charge in [-0.1, -0.05) is 19.0 Å². The van der Waals surface area contributed by atoms with Crippen LogP contribution in [0.1, 0.15) is 32.1 Å². The van der Waals surface area contributed by atoms with Crippen molar-refractivity contribution in [3.05, 3.63) is 30.7 Å². The summed E-state index contributed by atoms with van der Waals surface area (Å²) in [7, 11) is 0. The topological polar surface area (TPSA) is 69.1 Å². The van der Waals surface area contributed by atoms with E-state index in [1.165, 1.54) is 0 Å². The first-order valence-corrected chi connectivity index (χ1v) is 5.90. The molecule has 3 rings (SSSR count). The van der Waals surface area contributed by atoms with Crippen LogP contribution < -0.4 is 0 Å². The zero-order valence-corrected chi connectivity index (χ0v) is 10.2. The maximum Gasteiger partial charge on any atom is 0.229 e. The Bertz CT molecular complexity index is 672. The average molecular weight is 243 g/mol. The van der Waals surface area contributed by atoms with Gasteiger partial charge in [0, 0.05) is 18.3 Å². The summed E-state index contributed by atoms with van der Waals surface area (Å²) >= 11 is 0. The van der Waals surface area contributed by atoms with Crippen LogP contribution in [0.4, 0.5) is 0 Å². The monoisotopic (exact) mass is 243 g/mol. The molecule has 0 saturated heterocycles. The molecular formula is C12H13N5O. The highest BCUT2D eigenvalue weighted by Gasteiger charge is 2.16. The van der Waals surface area contributed by atoms with Crippen LogP contribution in [0.2, 0.25) is 0 Å². The van der Waals surface area contributed by atoms with Gasteiger partial charge in [-0.2, -0.15) is 4.98 Å². The molecule has 3 aromatic rings. The predicted octanol–water partition coefficient (Wildman–Crippen LogP) is 2.29. The van der Waals surface area contributed by atoms with Crippen LogP contribution >= 0.6 is 0 Å². The van der Waals surface area contributed by atoms with E-state index in [0.29, 0.717) is 11.7 Å². The van der Waals surface area contributed by atoms with Gasteiger partial charge in [-0.15, -0.1) is 0 Å². The van der Waals surface area contributed by atoms with Crippen molar-refractivity contribution in [1.82, 2.24) is 24.5 Å². The minimum Gasteiger partial charge on any atom is -0.339 e. The Morgan fingerprint density at radius 3 is 3.11 bits per heavy atom. The zero-order chi connectivity index (χ0) is 12.5. The standard InChI is InChI=1S/C12H13N5O/c1-3-8(2)12-15-11(16-18-12)9-6-14-10-7-13-4-5-17(9)10/h4-8H,3H2,1-2H3. The molecule has 6 nitrogen and oxygen atoms in total. The van der Waals surface area contributed by atoms with Gasteiger partial charge in [-0.3, -0.25) is 9.38 Å². The molecule has 18 heavy (non-hydrogen) atoms. The fourth-order valence-electron chi connectivity index (χ4n) is 1.72. The molecule has 0 amide bonds. The quantitative estimate of drug-likeness (QED) is 0.706. The van der Waals surface area contributed by atoms with E-state index in [1.807, 2.05) is 10.6 Å². The number of nitrogens with zero attached hydrogens (tertiary/aromatic N) is 5. The zero-order valence-electron chi connectivity index (χ0n) is 10.2. The first kappa shape index (κ1) is 10.9. The molecule has 0 radical (unpaired) electrons. The van der Waals surface area contributed by atoms with E-state index in [-0.39, 0.29) is 5.92 Å². The molecule has 1 atom stereocenters. The SMILES string of the molecule is CCC(C)c1nc(-c2cnc3cnccn23)no1. The van der Waals surface area contributed by atoms with Crippen molar-refractivity contribution in [3.8, 4) is 11.5 Å². The maximum absolute atomic E-state index is 5.27. The van der Waals surface area contributed by atoms with Crippen molar-refractivity contribution in [2.45, 2.75) is 26.2 Å². The summed E-state index contributed by atoms with van der Waals surface area (Å²) in [5.41, 5.74) is 1.58. The molecule has 0 aromatic carbocycles. The number of aromatic nitrogens is 5. The van der Waals surface area contributed by atoms with Crippen molar-refractivity contribution in [2.75, 3.05) is 0 Å². The van der Waals surface area contributed by atoms with Gasteiger partial charge >= 0.3 is 0 Å². The third-order valence-electron chi connectivity index (χ3n) is 3.02. The first-order valence-electron chi connectivity index (χ1n) is 5.90. The average Bonchev–Trinajstić information content (AvgIpc) is 3.03. The number of hydrogen-bond donors (Lipinski definition) is 0. The molecule has 0 aliphatic rings. The van der Waals surface area contributed by atoms with E-state index in [2.05, 4.69) is 34.0 Å². The molecule has 0 bridgehead atoms. The lowest BCUT2D eigenvalue weighted by atomic mass is 10.1. The van der Waals surface area contributed by atoms with Crippen molar-refractivity contribution in [2.24, 2.45) is 0 Å². The van der Waals surface area contributed by atoms with Gasteiger partial charge in [0.1, 0.15) is 5.69 Å². The van der Waals surface area contributed by atoms with Crippen LogP contribution in [0.15, 0.2) is 29.3 Å². The lowest BCUT2D eigenvalue weighted by Crippen LogP contribution is -1.92. The summed E-state index contributed by atoms with van der Waals surface area (Å²) in [5, 5.41) is 4.01. The molecule has 3 heterocycles. The second-order valence-corrected chi connectivity index (χ2v) is 4.21. The molecule has 0 N–H and O–H groups in total. The lowest BCUT2D eigenvalue weighted by Gasteiger charge is -1.98. The van der Waals surface area contributed by atoms with Crippen LogP contribution in [-0.2, 0) is 0 Å². The summed E-state index contributed by atoms with van der Waals surface area (Å²) < 4.78 is 7.16. The molecule has 0 fully saturated rings. The normalized spacial score (nSPS) is 13.0. The summed E-state index contributed by atoms with van der Waals surface area (Å²) in [5.74, 6) is 1.49. The Morgan fingerprint density at radius 1 is 1.39 bits per heavy atom. The van der Waals surface area contributed by atoms with Crippen LogP contribution in [0, 0.1) is 0 Å². The fraction of sp³-hybridized carbons (Fsp3) is 0.333. The largest absolute Gasteiger partial charge is 0.339 e. The minimum atomic E-state index is 0.270. The van der Waals surface area contributed by atoms with E-state index in [9.17, 15) is 0 Å². The van der Waals surface area contributed by atoms with Crippen molar-refractivity contribution in [1.29, 1.82) is 0 Å². The molecule has 3 aromatic heterocycles. The van der Waals surface area contributed by atoms with Crippen molar-refractivity contribution in [3.63, 3.8) is 0 Å². The molecule has 0 aliphatic carbocycles. The number of hydrogen-bond acceptors (Lipinski definition) is 5. The molecule has 1 unspecified atom stereocenters. The molecule has 6 heteroatoms. The predicted molar refractivity (Wildman–Crippen MR) is 65.0 cm³/mol. The minimum absolute atomic E-state index is 0.270. The Labute approximate surface area is 104 Å². The van der Waals surface area contributed by atoms with Crippen molar-refractivity contribution < 1.29 is 4.52 Å². The van der Waals surface area contributed by atoms with E-state index in [1.54, 1.807) is 18.6 Å². The van der Waals surface area contributed by atoms with Crippen LogP contribution in [0.3, 0.4) is 0 Å². The Morgan fingerprint density at radius 2 is 2.28 bits per heavy atom. The lowest BCUT2D eigenvalue weighted by molar-refractivity contribution is 0.357. The second kappa shape index (κ2) is 4.21. The van der Waals surface area contributed by atoms with Crippen LogP contribution in [0.5, 0.6) is 0 Å². The summed E-state index contributed by atoms with van der Waals surface area (Å²) in [6.07, 6.45) is 7.92. The second-order valence-electron chi connectivity index (χ2n) is 4.21. The van der Waals surface area contributed by atoms with E-state index < -0.39 is 0 Å². The summed E-state index contributed by atoms with van der Waals surface area (Å²) in [6.45, 7) is 4.16. The van der Waals surface area contributed by atoms with Gasteiger partial charge in [0.2, 0.25) is 11.7 Å². The van der Waals surface area contributed by atoms with E-state index in [4.69, 9.17) is 4.52 Å². The van der Waals surface area contributed by atoms with Crippen LogP contribution in [-0.4, -0.2) is 24.5 Å². The maximum atomic E-state index is 5.27. The molecule has 0 aliphatic heterocycles. The van der Waals surface area contributed by atoms with Gasteiger partial charge in [0.25, 0.3) is 0 Å². The highest BCUT2D eigenvalue weighted by Crippen LogP contribution is 2.21. The van der Waals surface area contributed by atoms with E-state index in [0.717, 1.165) is 17.8 Å². The third kappa shape index (κ3) is 1.66. The molecule has 0 saturated carbocycles. The molecule has 92 valence electrons. The van der Waals surface area contributed by atoms with Gasteiger partial charge in [-0.05, 0) is 6.42 Å².